The van der Waals surface area contributed by atoms with E-state index in [1.165, 1.54) is 10.9 Å². The van der Waals surface area contributed by atoms with Crippen molar-refractivity contribution in [2.45, 2.75) is 0 Å². The maximum Gasteiger partial charge on any atom is 0.239 e. The van der Waals surface area contributed by atoms with Crippen molar-refractivity contribution in [3.8, 4) is 11.6 Å². The van der Waals surface area contributed by atoms with Gasteiger partial charge in [0.15, 0.2) is 0 Å². The fourth-order valence-corrected chi connectivity index (χ4v) is 1.67. The van der Waals surface area contributed by atoms with Crippen LogP contribution in [0.25, 0.3) is 16.5 Å². The van der Waals surface area contributed by atoms with Crippen LogP contribution in [0.5, 0.6) is 5.95 Å². The zero-order valence-electron chi connectivity index (χ0n) is 9.04. The molecule has 0 fully saturated rings. The minimum atomic E-state index is -0.451. The Morgan fingerprint density at radius 1 is 1.06 bits per heavy atom. The van der Waals surface area contributed by atoms with Gasteiger partial charge in [0.1, 0.15) is 5.95 Å². The largest absolute Gasteiger partial charge is 0.539 e. The van der Waals surface area contributed by atoms with Gasteiger partial charge in [-0.25, -0.2) is 0 Å². The van der Waals surface area contributed by atoms with Gasteiger partial charge < -0.3 is 15.8 Å². The zero-order chi connectivity index (χ0) is 11.0. The fraction of sp³-hybridized carbons (Fsp3) is 0. The van der Waals surface area contributed by atoms with Gasteiger partial charge in [0.05, 0.1) is 5.27 Å². The van der Waals surface area contributed by atoms with E-state index in [2.05, 4.69) is 9.79 Å². The lowest BCUT2D eigenvalue weighted by Crippen LogP contribution is -2.31. The molecule has 1 heterocycles. The van der Waals surface area contributed by atoms with Crippen LogP contribution in [0, 0.1) is 0 Å². The molecule has 17 heavy (non-hydrogen) atoms. The van der Waals surface area contributed by atoms with Crippen LogP contribution < -0.4 is 15.9 Å². The van der Waals surface area contributed by atoms with Crippen molar-refractivity contribution in [3.63, 3.8) is 0 Å². The predicted molar refractivity (Wildman–Crippen MR) is 60.0 cm³/mol. The van der Waals surface area contributed by atoms with Crippen molar-refractivity contribution >= 4 is 10.8 Å². The topological polar surface area (TPSA) is 88.0 Å². The van der Waals surface area contributed by atoms with Gasteiger partial charge in [-0.1, -0.05) is 24.3 Å². The van der Waals surface area contributed by atoms with Crippen LogP contribution in [-0.4, -0.2) is 5.27 Å². The highest BCUT2D eigenvalue weighted by molar-refractivity contribution is 5.83. The summed E-state index contributed by atoms with van der Waals surface area (Å²) in [6, 6.07) is 13.8. The summed E-state index contributed by atoms with van der Waals surface area (Å²) in [4.78, 5) is 0. The van der Waals surface area contributed by atoms with Crippen LogP contribution in [0.2, 0.25) is 0 Å². The maximum atomic E-state index is 10.9. The van der Waals surface area contributed by atoms with Crippen LogP contribution >= 0.6 is 0 Å². The summed E-state index contributed by atoms with van der Waals surface area (Å²) in [5.74, 6) is -0.451. The van der Waals surface area contributed by atoms with E-state index < -0.39 is 5.95 Å². The average Bonchev–Trinajstić information content (AvgIpc) is 2.75. The Balaban J connectivity index is 0.00000108. The van der Waals surface area contributed by atoms with Gasteiger partial charge in [-0.05, 0) is 21.5 Å². The average molecular weight is 229 g/mol. The molecule has 5 nitrogen and oxygen atoms in total. The van der Waals surface area contributed by atoms with Crippen molar-refractivity contribution < 1.29 is 14.3 Å². The van der Waals surface area contributed by atoms with Gasteiger partial charge in [-0.3, -0.25) is 0 Å². The Morgan fingerprint density at radius 2 is 1.82 bits per heavy atom. The van der Waals surface area contributed by atoms with Crippen LogP contribution in [0.1, 0.15) is 0 Å². The SMILES string of the molecule is N.[O-]c1c[n+](-c2ccc3ccccc3c2)no1. The first kappa shape index (κ1) is 11.1. The third-order valence-corrected chi connectivity index (χ3v) is 2.44. The molecule has 0 amide bonds. The van der Waals surface area contributed by atoms with E-state index in [9.17, 15) is 5.11 Å². The minimum absolute atomic E-state index is 0. The molecule has 0 radical (unpaired) electrons. The zero-order valence-corrected chi connectivity index (χ0v) is 9.04. The molecule has 0 bridgehead atoms. The van der Waals surface area contributed by atoms with Crippen LogP contribution in [0.3, 0.4) is 0 Å². The summed E-state index contributed by atoms with van der Waals surface area (Å²) in [5, 5.41) is 16.7. The smallest absolute Gasteiger partial charge is 0.239 e. The summed E-state index contributed by atoms with van der Waals surface area (Å²) in [5.41, 5.74) is 0.810. The first-order valence-corrected chi connectivity index (χ1v) is 4.88. The highest BCUT2D eigenvalue weighted by Crippen LogP contribution is 2.15. The highest BCUT2D eigenvalue weighted by Gasteiger charge is 2.09. The Bertz CT molecular complexity index is 649. The fourth-order valence-electron chi connectivity index (χ4n) is 1.67. The Kier molecular flexibility index (Phi) is 2.76. The quantitative estimate of drug-likeness (QED) is 0.638. The molecule has 5 heteroatoms. The van der Waals surface area contributed by atoms with Crippen LogP contribution in [0.4, 0.5) is 0 Å². The Labute approximate surface area is 97.5 Å². The third kappa shape index (κ3) is 1.95. The number of nitrogens with zero attached hydrogens (tertiary/aromatic N) is 2. The lowest BCUT2D eigenvalue weighted by molar-refractivity contribution is -0.670. The second-order valence-electron chi connectivity index (χ2n) is 3.50. The van der Waals surface area contributed by atoms with Gasteiger partial charge >= 0.3 is 0 Å². The highest BCUT2D eigenvalue weighted by atomic mass is 16.6. The van der Waals surface area contributed by atoms with Gasteiger partial charge in [0.2, 0.25) is 11.9 Å². The molecule has 0 unspecified atom stereocenters. The molecule has 0 aliphatic carbocycles. The van der Waals surface area contributed by atoms with E-state index >= 15 is 0 Å². The monoisotopic (exact) mass is 229 g/mol. The predicted octanol–water partition coefficient (Wildman–Crippen LogP) is 1.34. The lowest BCUT2D eigenvalue weighted by atomic mass is 10.1. The summed E-state index contributed by atoms with van der Waals surface area (Å²) in [6.07, 6.45) is 1.31. The molecule has 86 valence electrons. The van der Waals surface area contributed by atoms with Gasteiger partial charge in [0, 0.05) is 12.1 Å². The summed E-state index contributed by atoms with van der Waals surface area (Å²) in [6.45, 7) is 0. The second kappa shape index (κ2) is 4.23. The lowest BCUT2D eigenvalue weighted by Gasteiger charge is -1.95. The third-order valence-electron chi connectivity index (χ3n) is 2.44. The van der Waals surface area contributed by atoms with Crippen molar-refractivity contribution in [1.29, 1.82) is 0 Å². The van der Waals surface area contributed by atoms with Gasteiger partial charge in [0.25, 0.3) is 0 Å². The molecule has 0 aliphatic rings. The van der Waals surface area contributed by atoms with E-state index in [-0.39, 0.29) is 6.15 Å². The molecule has 2 aromatic carbocycles. The number of hydrogen-bond donors (Lipinski definition) is 1. The minimum Gasteiger partial charge on any atom is -0.539 e. The first-order valence-electron chi connectivity index (χ1n) is 4.88. The molecule has 0 saturated carbocycles. The molecular formula is C12H11N3O2. The second-order valence-corrected chi connectivity index (χ2v) is 3.50. The van der Waals surface area contributed by atoms with E-state index in [1.807, 2.05) is 42.5 Å². The molecule has 0 saturated heterocycles. The number of aromatic nitrogens is 2. The van der Waals surface area contributed by atoms with Crippen molar-refractivity contribution in [1.82, 2.24) is 11.4 Å². The maximum absolute atomic E-state index is 10.9. The molecule has 3 rings (SSSR count). The normalized spacial score (nSPS) is 10.1. The molecule has 0 spiro atoms. The van der Waals surface area contributed by atoms with E-state index in [0.29, 0.717) is 0 Å². The molecule has 1 aromatic heterocycles. The molecule has 0 atom stereocenters. The molecule has 0 aliphatic heterocycles. The van der Waals surface area contributed by atoms with Crippen LogP contribution in [-0.2, 0) is 0 Å². The van der Waals surface area contributed by atoms with Gasteiger partial charge in [-0.15, -0.1) is 0 Å². The van der Waals surface area contributed by atoms with Gasteiger partial charge in [-0.2, -0.15) is 0 Å². The van der Waals surface area contributed by atoms with E-state index in [1.54, 1.807) is 0 Å². The molecule has 3 aromatic rings. The number of hydrogen-bond acceptors (Lipinski definition) is 4. The summed E-state index contributed by atoms with van der Waals surface area (Å²) >= 11 is 0. The molecular weight excluding hydrogens is 218 g/mol. The Hall–Kier alpha value is -2.40. The number of fused-ring (bicyclic) bond motifs is 1. The summed E-state index contributed by atoms with van der Waals surface area (Å²) < 4.78 is 5.91. The first-order chi connectivity index (χ1) is 7.83. The van der Waals surface area contributed by atoms with Crippen molar-refractivity contribution in [2.24, 2.45) is 0 Å². The molecule has 3 N–H and O–H groups in total. The number of benzene rings is 2. The summed E-state index contributed by atoms with van der Waals surface area (Å²) in [7, 11) is 0. The van der Waals surface area contributed by atoms with E-state index in [0.717, 1.165) is 16.5 Å². The van der Waals surface area contributed by atoms with Crippen molar-refractivity contribution in [2.75, 3.05) is 0 Å². The van der Waals surface area contributed by atoms with Crippen molar-refractivity contribution in [3.05, 3.63) is 48.7 Å². The standard InChI is InChI=1S/C12H8N2O2.H3N/c15-12-8-14(13-16-12)11-6-5-9-3-1-2-4-10(9)7-11;/h1-8H;1H3. The van der Waals surface area contributed by atoms with E-state index in [4.69, 9.17) is 0 Å². The Morgan fingerprint density at radius 3 is 2.53 bits per heavy atom. The van der Waals surface area contributed by atoms with Crippen LogP contribution in [0.15, 0.2) is 53.2 Å². The number of rotatable bonds is 1.